The van der Waals surface area contributed by atoms with Gasteiger partial charge in [-0.05, 0) is 46.8 Å². The monoisotopic (exact) mass is 255 g/mol. The Morgan fingerprint density at radius 2 is 2.21 bits per heavy atom. The molecule has 0 radical (unpaired) electrons. The maximum absolute atomic E-state index is 5.66. The molecule has 1 aromatic heterocycles. The number of hydrogen-bond acceptors (Lipinski definition) is 2. The minimum absolute atomic E-state index is 0.722. The van der Waals surface area contributed by atoms with Gasteiger partial charge >= 0.3 is 0 Å². The Kier molecular flexibility index (Phi) is 3.40. The van der Waals surface area contributed by atoms with Crippen LogP contribution in [0.1, 0.15) is 25.7 Å². The molecule has 76 valence electrons. The van der Waals surface area contributed by atoms with Crippen molar-refractivity contribution in [3.05, 3.63) is 22.8 Å². The Morgan fingerprint density at radius 3 is 2.93 bits per heavy atom. The van der Waals surface area contributed by atoms with E-state index in [2.05, 4.69) is 20.9 Å². The number of halogens is 1. The van der Waals surface area contributed by atoms with Crippen molar-refractivity contribution in [2.75, 3.05) is 6.61 Å². The number of hydrogen-bond donors (Lipinski definition) is 0. The highest BCUT2D eigenvalue weighted by Gasteiger charge is 2.16. The lowest BCUT2D eigenvalue weighted by atomic mass is 10.1. The van der Waals surface area contributed by atoms with E-state index in [1.807, 2.05) is 12.1 Å². The number of ether oxygens (including phenoxy) is 1. The summed E-state index contributed by atoms with van der Waals surface area (Å²) in [7, 11) is 0. The first-order chi connectivity index (χ1) is 6.86. The summed E-state index contributed by atoms with van der Waals surface area (Å²) in [6.07, 6.45) is 7.10. The molecule has 1 saturated carbocycles. The quantitative estimate of drug-likeness (QED) is 0.826. The van der Waals surface area contributed by atoms with Crippen LogP contribution in [0.15, 0.2) is 22.8 Å². The van der Waals surface area contributed by atoms with Crippen LogP contribution >= 0.6 is 15.9 Å². The van der Waals surface area contributed by atoms with Gasteiger partial charge in [0.25, 0.3) is 0 Å². The number of aromatic nitrogens is 1. The van der Waals surface area contributed by atoms with Gasteiger partial charge in [-0.15, -0.1) is 0 Å². The van der Waals surface area contributed by atoms with Crippen molar-refractivity contribution in [3.63, 3.8) is 0 Å². The van der Waals surface area contributed by atoms with Crippen molar-refractivity contribution in [2.24, 2.45) is 5.92 Å². The van der Waals surface area contributed by atoms with Gasteiger partial charge in [0.15, 0.2) is 0 Å². The maximum atomic E-state index is 5.66. The van der Waals surface area contributed by atoms with Crippen molar-refractivity contribution in [2.45, 2.75) is 25.7 Å². The summed E-state index contributed by atoms with van der Waals surface area (Å²) in [5.74, 6) is 1.46. The Morgan fingerprint density at radius 1 is 1.43 bits per heavy atom. The minimum atomic E-state index is 0.722. The van der Waals surface area contributed by atoms with Gasteiger partial charge in [-0.25, -0.2) is 4.98 Å². The van der Waals surface area contributed by atoms with Gasteiger partial charge < -0.3 is 4.74 Å². The van der Waals surface area contributed by atoms with Gasteiger partial charge in [0.2, 0.25) is 5.88 Å². The molecule has 14 heavy (non-hydrogen) atoms. The average molecular weight is 256 g/mol. The minimum Gasteiger partial charge on any atom is -0.477 e. The van der Waals surface area contributed by atoms with Crippen LogP contribution in [0.5, 0.6) is 5.88 Å². The lowest BCUT2D eigenvalue weighted by Crippen LogP contribution is -2.09. The molecule has 1 fully saturated rings. The molecular weight excluding hydrogens is 242 g/mol. The van der Waals surface area contributed by atoms with Crippen LogP contribution in [0, 0.1) is 5.92 Å². The Labute approximate surface area is 92.8 Å². The van der Waals surface area contributed by atoms with Gasteiger partial charge in [0.1, 0.15) is 0 Å². The van der Waals surface area contributed by atoms with E-state index in [0.717, 1.165) is 22.9 Å². The molecule has 0 saturated heterocycles. The van der Waals surface area contributed by atoms with Gasteiger partial charge in [0, 0.05) is 6.20 Å². The van der Waals surface area contributed by atoms with Crippen LogP contribution in [-0.4, -0.2) is 11.6 Å². The number of nitrogens with zero attached hydrogens (tertiary/aromatic N) is 1. The van der Waals surface area contributed by atoms with Gasteiger partial charge in [0.05, 0.1) is 11.1 Å². The molecule has 0 spiro atoms. The second-order valence-electron chi connectivity index (χ2n) is 3.75. The number of pyridine rings is 1. The molecule has 0 aliphatic heterocycles. The summed E-state index contributed by atoms with van der Waals surface area (Å²) in [5.41, 5.74) is 0. The molecule has 0 N–H and O–H groups in total. The van der Waals surface area contributed by atoms with E-state index in [9.17, 15) is 0 Å². The molecule has 1 heterocycles. The fraction of sp³-hybridized carbons (Fsp3) is 0.545. The molecule has 2 nitrogen and oxygen atoms in total. The Bertz CT molecular complexity index is 297. The van der Waals surface area contributed by atoms with Crippen LogP contribution in [0.2, 0.25) is 0 Å². The van der Waals surface area contributed by atoms with Crippen molar-refractivity contribution in [3.8, 4) is 5.88 Å². The first kappa shape index (κ1) is 9.97. The molecule has 0 amide bonds. The van der Waals surface area contributed by atoms with E-state index in [4.69, 9.17) is 4.74 Å². The van der Waals surface area contributed by atoms with E-state index < -0.39 is 0 Å². The zero-order valence-corrected chi connectivity index (χ0v) is 9.66. The Hall–Kier alpha value is -0.570. The summed E-state index contributed by atoms with van der Waals surface area (Å²) in [5, 5.41) is 0. The lowest BCUT2D eigenvalue weighted by Gasteiger charge is -2.11. The van der Waals surface area contributed by atoms with Crippen molar-refractivity contribution in [1.82, 2.24) is 4.98 Å². The summed E-state index contributed by atoms with van der Waals surface area (Å²) in [6, 6.07) is 3.85. The zero-order chi connectivity index (χ0) is 9.80. The van der Waals surface area contributed by atoms with Crippen molar-refractivity contribution < 1.29 is 4.74 Å². The van der Waals surface area contributed by atoms with Gasteiger partial charge in [-0.3, -0.25) is 0 Å². The third-order valence-corrected chi connectivity index (χ3v) is 3.26. The first-order valence-electron chi connectivity index (χ1n) is 5.09. The second-order valence-corrected chi connectivity index (χ2v) is 4.61. The largest absolute Gasteiger partial charge is 0.477 e. The molecule has 3 heteroatoms. The average Bonchev–Trinajstić information content (AvgIpc) is 2.69. The summed E-state index contributed by atoms with van der Waals surface area (Å²) in [6.45, 7) is 0.815. The molecule has 1 aliphatic carbocycles. The highest BCUT2D eigenvalue weighted by molar-refractivity contribution is 9.10. The third kappa shape index (κ3) is 2.47. The van der Waals surface area contributed by atoms with Crippen LogP contribution in [0.25, 0.3) is 0 Å². The highest BCUT2D eigenvalue weighted by Crippen LogP contribution is 2.27. The lowest BCUT2D eigenvalue weighted by molar-refractivity contribution is 0.242. The second kappa shape index (κ2) is 4.78. The normalized spacial score (nSPS) is 17.2. The molecule has 0 bridgehead atoms. The zero-order valence-electron chi connectivity index (χ0n) is 8.08. The predicted molar refractivity (Wildman–Crippen MR) is 59.4 cm³/mol. The smallest absolute Gasteiger partial charge is 0.227 e. The van der Waals surface area contributed by atoms with E-state index >= 15 is 0 Å². The fourth-order valence-electron chi connectivity index (χ4n) is 1.85. The number of rotatable bonds is 3. The van der Waals surface area contributed by atoms with E-state index in [1.54, 1.807) is 6.20 Å². The standard InChI is InChI=1S/C11H14BrNO/c12-10-6-3-7-13-11(10)14-8-9-4-1-2-5-9/h3,6-7,9H,1-2,4-5,8H2. The van der Waals surface area contributed by atoms with Crippen molar-refractivity contribution in [1.29, 1.82) is 0 Å². The first-order valence-corrected chi connectivity index (χ1v) is 5.89. The SMILES string of the molecule is Brc1cccnc1OCC1CCCC1. The van der Waals surface area contributed by atoms with E-state index in [-0.39, 0.29) is 0 Å². The van der Waals surface area contributed by atoms with E-state index in [1.165, 1.54) is 25.7 Å². The molecule has 2 rings (SSSR count). The molecular formula is C11H14BrNO. The topological polar surface area (TPSA) is 22.1 Å². The molecule has 1 aromatic rings. The van der Waals surface area contributed by atoms with Gasteiger partial charge in [-0.1, -0.05) is 12.8 Å². The van der Waals surface area contributed by atoms with Crippen LogP contribution in [-0.2, 0) is 0 Å². The molecule has 0 aromatic carbocycles. The molecule has 0 unspecified atom stereocenters. The highest BCUT2D eigenvalue weighted by atomic mass is 79.9. The fourth-order valence-corrected chi connectivity index (χ4v) is 2.22. The van der Waals surface area contributed by atoms with Crippen LogP contribution in [0.3, 0.4) is 0 Å². The Balaban J connectivity index is 1.88. The van der Waals surface area contributed by atoms with Crippen LogP contribution < -0.4 is 4.74 Å². The third-order valence-electron chi connectivity index (χ3n) is 2.66. The molecule has 1 aliphatic rings. The maximum Gasteiger partial charge on any atom is 0.227 e. The van der Waals surface area contributed by atoms with E-state index in [0.29, 0.717) is 0 Å². The predicted octanol–water partition coefficient (Wildman–Crippen LogP) is 3.41. The van der Waals surface area contributed by atoms with Crippen LogP contribution in [0.4, 0.5) is 0 Å². The summed E-state index contributed by atoms with van der Waals surface area (Å²) < 4.78 is 6.61. The van der Waals surface area contributed by atoms with Gasteiger partial charge in [-0.2, -0.15) is 0 Å². The van der Waals surface area contributed by atoms with Crippen molar-refractivity contribution >= 4 is 15.9 Å². The summed E-state index contributed by atoms with van der Waals surface area (Å²) >= 11 is 3.42. The molecule has 0 atom stereocenters. The summed E-state index contributed by atoms with van der Waals surface area (Å²) in [4.78, 5) is 4.17.